The quantitative estimate of drug-likeness (QED) is 0.716. The van der Waals surface area contributed by atoms with Gasteiger partial charge in [0, 0.05) is 24.2 Å². The van der Waals surface area contributed by atoms with Gasteiger partial charge >= 0.3 is 6.61 Å². The highest BCUT2D eigenvalue weighted by atomic mass is 32.2. The summed E-state index contributed by atoms with van der Waals surface area (Å²) in [6, 6.07) is 12.9. The highest BCUT2D eigenvalue weighted by molar-refractivity contribution is 7.88. The smallest absolute Gasteiger partial charge is 0.387 e. The molecule has 1 saturated heterocycles. The van der Waals surface area contributed by atoms with E-state index in [0.29, 0.717) is 37.1 Å². The van der Waals surface area contributed by atoms with Crippen molar-refractivity contribution in [1.29, 1.82) is 0 Å². The average Bonchev–Trinajstić information content (AvgIpc) is 2.70. The van der Waals surface area contributed by atoms with E-state index < -0.39 is 28.6 Å². The minimum Gasteiger partial charge on any atom is -0.435 e. The van der Waals surface area contributed by atoms with Crippen molar-refractivity contribution in [2.75, 3.05) is 18.1 Å². The van der Waals surface area contributed by atoms with Gasteiger partial charge in [-0.25, -0.2) is 8.42 Å². The molecule has 2 aromatic rings. The van der Waals surface area contributed by atoms with Crippen molar-refractivity contribution < 1.29 is 26.7 Å². The Kier molecular flexibility index (Phi) is 7.04. The van der Waals surface area contributed by atoms with Crippen molar-refractivity contribution in [2.45, 2.75) is 38.3 Å². The number of hydrogen-bond donors (Lipinski definition) is 1. The maximum absolute atomic E-state index is 12.8. The Bertz CT molecular complexity index is 984. The van der Waals surface area contributed by atoms with Crippen molar-refractivity contribution >= 4 is 21.6 Å². The fourth-order valence-corrected chi connectivity index (χ4v) is 4.74. The van der Waals surface area contributed by atoms with E-state index in [-0.39, 0.29) is 5.75 Å². The van der Waals surface area contributed by atoms with Crippen LogP contribution in [-0.2, 0) is 21.2 Å². The summed E-state index contributed by atoms with van der Waals surface area (Å²) in [5, 5.41) is 2.73. The summed E-state index contributed by atoms with van der Waals surface area (Å²) in [5.41, 5.74) is 1.78. The number of piperidine rings is 1. The molecule has 0 unspecified atom stereocenters. The number of alkyl halides is 2. The zero-order valence-electron chi connectivity index (χ0n) is 16.6. The number of ether oxygens (including phenoxy) is 1. The lowest BCUT2D eigenvalue weighted by Gasteiger charge is -2.32. The minimum absolute atomic E-state index is 0.0299. The van der Waals surface area contributed by atoms with Crippen molar-refractivity contribution in [3.63, 3.8) is 0 Å². The molecule has 30 heavy (non-hydrogen) atoms. The first-order chi connectivity index (χ1) is 14.2. The van der Waals surface area contributed by atoms with E-state index in [1.165, 1.54) is 16.4 Å². The molecule has 1 aliphatic rings. The molecule has 162 valence electrons. The molecular formula is C21H24F2N2O4S. The van der Waals surface area contributed by atoms with Crippen molar-refractivity contribution in [2.24, 2.45) is 0 Å². The van der Waals surface area contributed by atoms with Crippen LogP contribution >= 0.6 is 0 Å². The van der Waals surface area contributed by atoms with Crippen LogP contribution in [0.15, 0.2) is 48.5 Å². The SMILES string of the molecule is CS(=O)(=O)N1CCCC[C@H]1C(=O)Nc1ccc(OC(F)F)c(Cc2ccccc2)c1. The molecule has 2 aromatic carbocycles. The van der Waals surface area contributed by atoms with Crippen LogP contribution in [-0.4, -0.2) is 44.1 Å². The molecule has 1 heterocycles. The standard InChI is InChI=1S/C21H24F2N2O4S/c1-30(27,28)25-12-6-5-9-18(25)20(26)24-17-10-11-19(29-21(22)23)16(14-17)13-15-7-3-2-4-8-15/h2-4,7-8,10-11,14,18,21H,5-6,9,12-13H2,1H3,(H,24,26)/t18-/m0/s1. The number of halogens is 2. The number of sulfonamides is 1. The van der Waals surface area contributed by atoms with E-state index >= 15 is 0 Å². The molecule has 0 bridgehead atoms. The van der Waals surface area contributed by atoms with Gasteiger partial charge in [0.2, 0.25) is 15.9 Å². The van der Waals surface area contributed by atoms with Crippen LogP contribution in [0.25, 0.3) is 0 Å². The Morgan fingerprint density at radius 3 is 2.60 bits per heavy atom. The minimum atomic E-state index is -3.51. The number of amides is 1. The zero-order valence-corrected chi connectivity index (χ0v) is 17.4. The van der Waals surface area contributed by atoms with Gasteiger partial charge in [-0.2, -0.15) is 13.1 Å². The Hall–Kier alpha value is -2.52. The molecule has 3 rings (SSSR count). The zero-order chi connectivity index (χ0) is 21.7. The molecule has 1 aliphatic heterocycles. The number of carbonyl (C=O) groups excluding carboxylic acids is 1. The summed E-state index contributed by atoms with van der Waals surface area (Å²) in [5.74, 6) is -0.407. The molecule has 0 saturated carbocycles. The molecule has 6 nitrogen and oxygen atoms in total. The average molecular weight is 438 g/mol. The first-order valence-corrected chi connectivity index (χ1v) is 11.5. The third-order valence-corrected chi connectivity index (χ3v) is 6.25. The Morgan fingerprint density at radius 1 is 1.20 bits per heavy atom. The normalized spacial score (nSPS) is 17.7. The highest BCUT2D eigenvalue weighted by Crippen LogP contribution is 2.28. The van der Waals surface area contributed by atoms with Crippen molar-refractivity contribution in [1.82, 2.24) is 4.31 Å². The molecule has 1 atom stereocenters. The van der Waals surface area contributed by atoms with Gasteiger partial charge in [-0.3, -0.25) is 4.79 Å². The summed E-state index contributed by atoms with van der Waals surface area (Å²) in [6.45, 7) is -2.66. The Morgan fingerprint density at radius 2 is 1.93 bits per heavy atom. The van der Waals surface area contributed by atoms with Gasteiger partial charge in [-0.15, -0.1) is 0 Å². The third kappa shape index (κ3) is 5.76. The van der Waals surface area contributed by atoms with E-state index in [4.69, 9.17) is 0 Å². The molecule has 0 radical (unpaired) electrons. The van der Waals surface area contributed by atoms with Gasteiger partial charge < -0.3 is 10.1 Å². The van der Waals surface area contributed by atoms with E-state index in [2.05, 4.69) is 10.1 Å². The fourth-order valence-electron chi connectivity index (χ4n) is 3.61. The number of hydrogen-bond acceptors (Lipinski definition) is 4. The molecule has 1 amide bonds. The van der Waals surface area contributed by atoms with E-state index in [1.54, 1.807) is 6.07 Å². The summed E-state index contributed by atoms with van der Waals surface area (Å²) < 4.78 is 55.5. The van der Waals surface area contributed by atoms with E-state index in [9.17, 15) is 22.0 Å². The maximum Gasteiger partial charge on any atom is 0.387 e. The van der Waals surface area contributed by atoms with Crippen LogP contribution in [0.1, 0.15) is 30.4 Å². The Labute approximate surface area is 174 Å². The predicted octanol–water partition coefficient (Wildman–Crippen LogP) is 3.63. The van der Waals surface area contributed by atoms with E-state index in [0.717, 1.165) is 18.2 Å². The van der Waals surface area contributed by atoms with E-state index in [1.807, 2.05) is 30.3 Å². The van der Waals surface area contributed by atoms with Crippen molar-refractivity contribution in [3.05, 3.63) is 59.7 Å². The third-order valence-electron chi connectivity index (χ3n) is 4.96. The lowest BCUT2D eigenvalue weighted by Crippen LogP contribution is -2.49. The molecule has 1 fully saturated rings. The van der Waals surface area contributed by atoms with Gasteiger partial charge in [-0.1, -0.05) is 36.8 Å². The van der Waals surface area contributed by atoms with Crippen LogP contribution < -0.4 is 10.1 Å². The molecule has 0 aliphatic carbocycles. The van der Waals surface area contributed by atoms with Gasteiger partial charge in [0.15, 0.2) is 0 Å². The number of anilines is 1. The van der Waals surface area contributed by atoms with Crippen LogP contribution in [0.5, 0.6) is 5.75 Å². The van der Waals surface area contributed by atoms with Crippen LogP contribution in [0.3, 0.4) is 0 Å². The second-order valence-electron chi connectivity index (χ2n) is 7.24. The maximum atomic E-state index is 12.8. The number of nitrogens with zero attached hydrogens (tertiary/aromatic N) is 1. The van der Waals surface area contributed by atoms with Gasteiger partial charge in [0.25, 0.3) is 0 Å². The summed E-state index contributed by atoms with van der Waals surface area (Å²) in [4.78, 5) is 12.8. The lowest BCUT2D eigenvalue weighted by molar-refractivity contribution is -0.120. The molecule has 0 spiro atoms. The number of carbonyl (C=O) groups is 1. The van der Waals surface area contributed by atoms with Crippen molar-refractivity contribution in [3.8, 4) is 5.75 Å². The highest BCUT2D eigenvalue weighted by Gasteiger charge is 2.34. The largest absolute Gasteiger partial charge is 0.435 e. The van der Waals surface area contributed by atoms with Gasteiger partial charge in [-0.05, 0) is 36.6 Å². The monoisotopic (exact) mass is 438 g/mol. The number of rotatable bonds is 7. The Balaban J connectivity index is 1.83. The second kappa shape index (κ2) is 9.53. The van der Waals surface area contributed by atoms with Crippen LogP contribution in [0.4, 0.5) is 14.5 Å². The number of nitrogens with one attached hydrogen (secondary N) is 1. The first kappa shape index (κ1) is 22.2. The fraction of sp³-hybridized carbons (Fsp3) is 0.381. The molecule has 1 N–H and O–H groups in total. The van der Waals surface area contributed by atoms with Crippen LogP contribution in [0.2, 0.25) is 0 Å². The van der Waals surface area contributed by atoms with Gasteiger partial charge in [0.1, 0.15) is 11.8 Å². The topological polar surface area (TPSA) is 75.7 Å². The van der Waals surface area contributed by atoms with Crippen LogP contribution in [0, 0.1) is 0 Å². The second-order valence-corrected chi connectivity index (χ2v) is 9.17. The molecule has 0 aromatic heterocycles. The molecule has 9 heteroatoms. The summed E-state index contributed by atoms with van der Waals surface area (Å²) in [6.07, 6.45) is 3.32. The lowest BCUT2D eigenvalue weighted by atomic mass is 10.0. The predicted molar refractivity (Wildman–Crippen MR) is 110 cm³/mol. The number of benzene rings is 2. The summed E-state index contributed by atoms with van der Waals surface area (Å²) in [7, 11) is -3.51. The first-order valence-electron chi connectivity index (χ1n) is 9.63. The summed E-state index contributed by atoms with van der Waals surface area (Å²) >= 11 is 0. The van der Waals surface area contributed by atoms with Gasteiger partial charge in [0.05, 0.1) is 6.26 Å². The molecular weight excluding hydrogens is 414 g/mol.